The van der Waals surface area contributed by atoms with E-state index < -0.39 is 0 Å². The van der Waals surface area contributed by atoms with Crippen LogP contribution < -0.4 is 0 Å². The highest BCUT2D eigenvalue weighted by atomic mass is 16.3. The van der Waals surface area contributed by atoms with Gasteiger partial charge < -0.3 is 4.42 Å². The molecule has 7 aromatic carbocycles. The van der Waals surface area contributed by atoms with Crippen molar-refractivity contribution in [1.82, 2.24) is 19.9 Å². The number of aromatic nitrogens is 4. The molecule has 0 amide bonds. The first kappa shape index (κ1) is 30.6. The van der Waals surface area contributed by atoms with Crippen molar-refractivity contribution in [3.05, 3.63) is 169 Å². The molecule has 3 aromatic heterocycles. The smallest absolute Gasteiger partial charge is 0.167 e. The van der Waals surface area contributed by atoms with E-state index in [1.807, 2.05) is 42.5 Å². The summed E-state index contributed by atoms with van der Waals surface area (Å²) in [5, 5.41) is 5.18. The zero-order chi connectivity index (χ0) is 36.0. The van der Waals surface area contributed by atoms with Crippen LogP contribution in [0.25, 0.3) is 100 Å². The largest absolute Gasteiger partial charge is 0.455 e. The third-order valence-corrected chi connectivity index (χ3v) is 11.1. The van der Waals surface area contributed by atoms with Gasteiger partial charge in [-0.1, -0.05) is 147 Å². The number of pyridine rings is 1. The topological polar surface area (TPSA) is 64.7 Å². The Morgan fingerprint density at radius 3 is 1.85 bits per heavy atom. The number of fused-ring (bicyclic) bond motifs is 10. The molecule has 0 spiro atoms. The number of benzene rings is 7. The van der Waals surface area contributed by atoms with Gasteiger partial charge in [-0.25, -0.2) is 19.9 Å². The Hall–Kier alpha value is -6.98. The fourth-order valence-electron chi connectivity index (χ4n) is 8.48. The van der Waals surface area contributed by atoms with Gasteiger partial charge in [-0.2, -0.15) is 0 Å². The van der Waals surface area contributed by atoms with E-state index in [0.29, 0.717) is 17.5 Å². The van der Waals surface area contributed by atoms with Gasteiger partial charge in [0.25, 0.3) is 0 Å². The molecule has 0 saturated heterocycles. The van der Waals surface area contributed by atoms with Crippen molar-refractivity contribution < 1.29 is 4.42 Å². The molecule has 1 aliphatic rings. The minimum atomic E-state index is -0.0890. The van der Waals surface area contributed by atoms with E-state index in [1.165, 1.54) is 22.3 Å². The maximum Gasteiger partial charge on any atom is 0.167 e. The van der Waals surface area contributed by atoms with Crippen LogP contribution in [0.3, 0.4) is 0 Å². The van der Waals surface area contributed by atoms with Crippen molar-refractivity contribution in [3.63, 3.8) is 0 Å². The van der Waals surface area contributed by atoms with Gasteiger partial charge in [0.15, 0.2) is 17.5 Å². The molecule has 11 rings (SSSR count). The molecule has 0 saturated carbocycles. The number of furan rings is 1. The summed E-state index contributed by atoms with van der Waals surface area (Å²) in [4.78, 5) is 20.6. The van der Waals surface area contributed by atoms with E-state index in [2.05, 4.69) is 129 Å². The van der Waals surface area contributed by atoms with Crippen molar-refractivity contribution in [2.75, 3.05) is 0 Å². The molecule has 0 fully saturated rings. The third-order valence-electron chi connectivity index (χ3n) is 11.1. The quantitative estimate of drug-likeness (QED) is 0.172. The number of rotatable bonds is 4. The van der Waals surface area contributed by atoms with Crippen molar-refractivity contribution in [3.8, 4) is 56.5 Å². The van der Waals surface area contributed by atoms with Gasteiger partial charge in [-0.05, 0) is 46.5 Å². The fraction of sp³-hybridized carbons (Fsp3) is 0.0612. The van der Waals surface area contributed by atoms with E-state index in [9.17, 15) is 0 Å². The normalized spacial score (nSPS) is 13.1. The number of nitrogens with zero attached hydrogens (tertiary/aromatic N) is 4. The molecule has 54 heavy (non-hydrogen) atoms. The van der Waals surface area contributed by atoms with E-state index in [0.717, 1.165) is 71.6 Å². The Balaban J connectivity index is 1.16. The van der Waals surface area contributed by atoms with Crippen LogP contribution in [0, 0.1) is 0 Å². The lowest BCUT2D eigenvalue weighted by molar-refractivity contribution is 0.660. The number of para-hydroxylation sites is 2. The van der Waals surface area contributed by atoms with Crippen molar-refractivity contribution in [1.29, 1.82) is 0 Å². The summed E-state index contributed by atoms with van der Waals surface area (Å²) in [7, 11) is 0. The van der Waals surface area contributed by atoms with Crippen LogP contribution in [-0.4, -0.2) is 19.9 Å². The average molecular weight is 693 g/mol. The van der Waals surface area contributed by atoms with Crippen molar-refractivity contribution >= 4 is 43.6 Å². The lowest BCUT2D eigenvalue weighted by Gasteiger charge is -2.21. The maximum atomic E-state index is 7.04. The van der Waals surface area contributed by atoms with Crippen molar-refractivity contribution in [2.45, 2.75) is 19.3 Å². The third kappa shape index (κ3) is 4.51. The first-order chi connectivity index (χ1) is 26.5. The van der Waals surface area contributed by atoms with Gasteiger partial charge in [0.1, 0.15) is 11.2 Å². The molecule has 0 radical (unpaired) electrons. The second-order valence-corrected chi connectivity index (χ2v) is 14.6. The van der Waals surface area contributed by atoms with Gasteiger partial charge in [-0.15, -0.1) is 0 Å². The van der Waals surface area contributed by atoms with Crippen molar-refractivity contribution in [2.24, 2.45) is 0 Å². The molecule has 0 N–H and O–H groups in total. The summed E-state index contributed by atoms with van der Waals surface area (Å²) >= 11 is 0. The molecule has 1 aliphatic carbocycles. The Morgan fingerprint density at radius 1 is 0.407 bits per heavy atom. The molecule has 5 nitrogen and oxygen atoms in total. The van der Waals surface area contributed by atoms with Crippen LogP contribution in [0.15, 0.2) is 162 Å². The Bertz CT molecular complexity index is 3130. The summed E-state index contributed by atoms with van der Waals surface area (Å²) in [6.45, 7) is 4.59. The number of hydrogen-bond donors (Lipinski definition) is 0. The second kappa shape index (κ2) is 11.5. The van der Waals surface area contributed by atoms with Crippen LogP contribution in [0.1, 0.15) is 25.0 Å². The minimum absolute atomic E-state index is 0.0890. The van der Waals surface area contributed by atoms with Crippen LogP contribution in [-0.2, 0) is 5.41 Å². The standard InChI is InChI=1S/C49H32N4O/c1-49(2)39-22-11-9-18-32(39)38-28-31(24-27-40(38)49)47-51-46(30-16-7-4-8-17-30)52-48(53-47)37-21-13-20-33-34-25-26-36-42(45(34)54-44(33)37)35-19-10-12-23-41(35)50-43(36)29-14-5-3-6-15-29/h3-28H,1-2H3. The Kier molecular flexibility index (Phi) is 6.53. The molecule has 254 valence electrons. The van der Waals surface area contributed by atoms with E-state index in [1.54, 1.807) is 0 Å². The first-order valence-corrected chi connectivity index (χ1v) is 18.3. The molecule has 0 bridgehead atoms. The van der Waals surface area contributed by atoms with E-state index in [4.69, 9.17) is 24.4 Å². The molecule has 0 atom stereocenters. The SMILES string of the molecule is CC1(C)c2ccccc2-c2cc(-c3nc(-c4ccccc4)nc(-c4cccc5c4oc4c5ccc5c(-c6ccccc6)nc6ccccc6c54)n3)ccc21. The molecule has 0 aliphatic heterocycles. The van der Waals surface area contributed by atoms with Crippen LogP contribution in [0.5, 0.6) is 0 Å². The van der Waals surface area contributed by atoms with E-state index in [-0.39, 0.29) is 5.41 Å². The average Bonchev–Trinajstić information content (AvgIpc) is 3.73. The lowest BCUT2D eigenvalue weighted by atomic mass is 9.82. The second-order valence-electron chi connectivity index (χ2n) is 14.6. The molecular formula is C49H32N4O. The van der Waals surface area contributed by atoms with E-state index >= 15 is 0 Å². The highest BCUT2D eigenvalue weighted by molar-refractivity contribution is 6.25. The summed E-state index contributed by atoms with van der Waals surface area (Å²) in [5.41, 5.74) is 12.2. The molecule has 3 heterocycles. The summed E-state index contributed by atoms with van der Waals surface area (Å²) < 4.78 is 7.04. The lowest BCUT2D eigenvalue weighted by Crippen LogP contribution is -2.14. The molecular weight excluding hydrogens is 661 g/mol. The van der Waals surface area contributed by atoms with Gasteiger partial charge in [-0.3, -0.25) is 0 Å². The fourth-order valence-corrected chi connectivity index (χ4v) is 8.48. The Morgan fingerprint density at radius 2 is 1.02 bits per heavy atom. The summed E-state index contributed by atoms with van der Waals surface area (Å²) in [5.74, 6) is 1.79. The predicted molar refractivity (Wildman–Crippen MR) is 219 cm³/mol. The van der Waals surface area contributed by atoms with Gasteiger partial charge in [0, 0.05) is 49.0 Å². The molecule has 10 aromatic rings. The minimum Gasteiger partial charge on any atom is -0.455 e. The predicted octanol–water partition coefficient (Wildman–Crippen LogP) is 12.4. The van der Waals surface area contributed by atoms with Crippen LogP contribution in [0.4, 0.5) is 0 Å². The zero-order valence-electron chi connectivity index (χ0n) is 29.7. The first-order valence-electron chi connectivity index (χ1n) is 18.3. The highest BCUT2D eigenvalue weighted by Gasteiger charge is 2.35. The maximum absolute atomic E-state index is 7.04. The van der Waals surface area contributed by atoms with Crippen LogP contribution in [0.2, 0.25) is 0 Å². The summed E-state index contributed by atoms with van der Waals surface area (Å²) in [6, 6.07) is 54.7. The monoisotopic (exact) mass is 692 g/mol. The number of hydrogen-bond acceptors (Lipinski definition) is 5. The summed E-state index contributed by atoms with van der Waals surface area (Å²) in [6.07, 6.45) is 0. The molecule has 5 heteroatoms. The Labute approximate surface area is 311 Å². The van der Waals surface area contributed by atoms with Gasteiger partial charge in [0.2, 0.25) is 0 Å². The van der Waals surface area contributed by atoms with Gasteiger partial charge >= 0.3 is 0 Å². The van der Waals surface area contributed by atoms with Gasteiger partial charge in [0.05, 0.1) is 16.8 Å². The molecule has 0 unspecified atom stereocenters. The highest BCUT2D eigenvalue weighted by Crippen LogP contribution is 2.49. The zero-order valence-corrected chi connectivity index (χ0v) is 29.7. The van der Waals surface area contributed by atoms with Crippen LogP contribution >= 0.6 is 0 Å².